The van der Waals surface area contributed by atoms with E-state index in [-0.39, 0.29) is 11.6 Å². The third kappa shape index (κ3) is 2.73. The van der Waals surface area contributed by atoms with Crippen molar-refractivity contribution >= 4 is 6.09 Å². The SMILES string of the molecule is CC1(O)CCC2(CC2)N(C(=O)OC(C)(C)C)C1. The zero-order valence-corrected chi connectivity index (χ0v) is 11.2. The second kappa shape index (κ2) is 3.61. The van der Waals surface area contributed by atoms with Crippen molar-refractivity contribution in [3.63, 3.8) is 0 Å². The number of hydrogen-bond acceptors (Lipinski definition) is 3. The van der Waals surface area contributed by atoms with Gasteiger partial charge in [0, 0.05) is 5.54 Å². The molecule has 4 nitrogen and oxygen atoms in total. The average Bonchev–Trinajstić information content (AvgIpc) is 2.88. The Morgan fingerprint density at radius 2 is 1.76 bits per heavy atom. The van der Waals surface area contributed by atoms with E-state index in [0.717, 1.165) is 25.7 Å². The maximum absolute atomic E-state index is 12.1. The molecule has 1 atom stereocenters. The summed E-state index contributed by atoms with van der Waals surface area (Å²) in [6.07, 6.45) is 3.46. The topological polar surface area (TPSA) is 49.8 Å². The predicted molar refractivity (Wildman–Crippen MR) is 64.8 cm³/mol. The van der Waals surface area contributed by atoms with Gasteiger partial charge in [-0.05, 0) is 53.4 Å². The van der Waals surface area contributed by atoms with Gasteiger partial charge in [0.2, 0.25) is 0 Å². The summed E-state index contributed by atoms with van der Waals surface area (Å²) in [5.74, 6) is 0. The molecule has 1 saturated carbocycles. The Morgan fingerprint density at radius 1 is 1.24 bits per heavy atom. The van der Waals surface area contributed by atoms with Gasteiger partial charge in [-0.3, -0.25) is 4.90 Å². The lowest BCUT2D eigenvalue weighted by Gasteiger charge is -2.43. The smallest absolute Gasteiger partial charge is 0.410 e. The van der Waals surface area contributed by atoms with Gasteiger partial charge in [0.15, 0.2) is 0 Å². The predicted octanol–water partition coefficient (Wildman–Crippen LogP) is 2.30. The van der Waals surface area contributed by atoms with Gasteiger partial charge in [-0.1, -0.05) is 0 Å². The van der Waals surface area contributed by atoms with E-state index in [1.165, 1.54) is 0 Å². The molecule has 1 aliphatic heterocycles. The maximum Gasteiger partial charge on any atom is 0.410 e. The Kier molecular flexibility index (Phi) is 2.69. The van der Waals surface area contributed by atoms with Crippen LogP contribution in [0.3, 0.4) is 0 Å². The third-order valence-corrected chi connectivity index (χ3v) is 3.64. The van der Waals surface area contributed by atoms with Gasteiger partial charge in [0.1, 0.15) is 5.60 Å². The van der Waals surface area contributed by atoms with Crippen LogP contribution in [-0.4, -0.2) is 39.4 Å². The molecule has 4 heteroatoms. The minimum absolute atomic E-state index is 0.00935. The Labute approximate surface area is 103 Å². The molecule has 1 spiro atoms. The van der Waals surface area contributed by atoms with Gasteiger partial charge in [-0.15, -0.1) is 0 Å². The lowest BCUT2D eigenvalue weighted by Crippen LogP contribution is -2.56. The first-order valence-electron chi connectivity index (χ1n) is 6.37. The van der Waals surface area contributed by atoms with E-state index in [0.29, 0.717) is 6.54 Å². The highest BCUT2D eigenvalue weighted by Gasteiger charge is 2.55. The summed E-state index contributed by atoms with van der Waals surface area (Å²) >= 11 is 0. The molecule has 1 aliphatic carbocycles. The van der Waals surface area contributed by atoms with E-state index in [2.05, 4.69) is 0 Å². The summed E-state index contributed by atoms with van der Waals surface area (Å²) in [4.78, 5) is 13.9. The van der Waals surface area contributed by atoms with E-state index in [9.17, 15) is 9.90 Å². The molecule has 1 heterocycles. The van der Waals surface area contributed by atoms with Crippen LogP contribution in [0.5, 0.6) is 0 Å². The van der Waals surface area contributed by atoms with Gasteiger partial charge in [-0.25, -0.2) is 4.79 Å². The molecule has 1 N–H and O–H groups in total. The van der Waals surface area contributed by atoms with Crippen molar-refractivity contribution in [3.05, 3.63) is 0 Å². The molecule has 0 radical (unpaired) electrons. The number of hydrogen-bond donors (Lipinski definition) is 1. The second-order valence-corrected chi connectivity index (χ2v) is 6.79. The lowest BCUT2D eigenvalue weighted by atomic mass is 9.89. The fourth-order valence-corrected chi connectivity index (χ4v) is 2.46. The number of carbonyl (C=O) groups excluding carboxylic acids is 1. The summed E-state index contributed by atoms with van der Waals surface area (Å²) in [7, 11) is 0. The van der Waals surface area contributed by atoms with Gasteiger partial charge in [0.25, 0.3) is 0 Å². The Morgan fingerprint density at radius 3 is 2.24 bits per heavy atom. The molecule has 0 aromatic rings. The third-order valence-electron chi connectivity index (χ3n) is 3.64. The average molecular weight is 241 g/mol. The molecule has 1 unspecified atom stereocenters. The first kappa shape index (κ1) is 12.7. The summed E-state index contributed by atoms with van der Waals surface area (Å²) < 4.78 is 5.42. The Hall–Kier alpha value is -0.770. The quantitative estimate of drug-likeness (QED) is 0.708. The molecule has 1 saturated heterocycles. The number of rotatable bonds is 0. The minimum atomic E-state index is -0.773. The van der Waals surface area contributed by atoms with Crippen LogP contribution in [0.25, 0.3) is 0 Å². The van der Waals surface area contributed by atoms with Crippen LogP contribution in [0.15, 0.2) is 0 Å². The minimum Gasteiger partial charge on any atom is -0.444 e. The van der Waals surface area contributed by atoms with Gasteiger partial charge in [0.05, 0.1) is 12.1 Å². The molecule has 0 aromatic heterocycles. The molecule has 17 heavy (non-hydrogen) atoms. The first-order valence-corrected chi connectivity index (χ1v) is 6.37. The Balaban J connectivity index is 2.09. The van der Waals surface area contributed by atoms with E-state index < -0.39 is 11.2 Å². The largest absolute Gasteiger partial charge is 0.444 e. The summed E-state index contributed by atoms with van der Waals surface area (Å²) in [5, 5.41) is 10.1. The normalized spacial score (nSPS) is 31.5. The van der Waals surface area contributed by atoms with Crippen molar-refractivity contribution in [1.29, 1.82) is 0 Å². The molecular formula is C13H23NO3. The van der Waals surface area contributed by atoms with Gasteiger partial charge in [-0.2, -0.15) is 0 Å². The van der Waals surface area contributed by atoms with Crippen molar-refractivity contribution in [3.8, 4) is 0 Å². The number of amides is 1. The highest BCUT2D eigenvalue weighted by molar-refractivity contribution is 5.70. The van der Waals surface area contributed by atoms with E-state index >= 15 is 0 Å². The van der Waals surface area contributed by atoms with Crippen molar-refractivity contribution in [2.45, 2.75) is 70.1 Å². The molecule has 2 rings (SSSR count). The van der Waals surface area contributed by atoms with Crippen LogP contribution >= 0.6 is 0 Å². The lowest BCUT2D eigenvalue weighted by molar-refractivity contribution is -0.0572. The van der Waals surface area contributed by atoms with E-state index in [1.54, 1.807) is 11.8 Å². The summed E-state index contributed by atoms with van der Waals surface area (Å²) in [6, 6.07) is 0. The van der Waals surface area contributed by atoms with Crippen LogP contribution in [-0.2, 0) is 4.74 Å². The number of carbonyl (C=O) groups is 1. The summed E-state index contributed by atoms with van der Waals surface area (Å²) in [5.41, 5.74) is -1.26. The van der Waals surface area contributed by atoms with Gasteiger partial charge >= 0.3 is 6.09 Å². The van der Waals surface area contributed by atoms with Crippen LogP contribution in [0.2, 0.25) is 0 Å². The molecular weight excluding hydrogens is 218 g/mol. The maximum atomic E-state index is 12.1. The zero-order valence-electron chi connectivity index (χ0n) is 11.2. The van der Waals surface area contributed by atoms with Crippen molar-refractivity contribution in [1.82, 2.24) is 4.90 Å². The zero-order chi connectivity index (χ0) is 12.9. The number of aliphatic hydroxyl groups is 1. The molecule has 0 aromatic carbocycles. The highest BCUT2D eigenvalue weighted by Crippen LogP contribution is 2.50. The van der Waals surface area contributed by atoms with Crippen LogP contribution in [0.4, 0.5) is 4.79 Å². The highest BCUT2D eigenvalue weighted by atomic mass is 16.6. The van der Waals surface area contributed by atoms with Crippen LogP contribution < -0.4 is 0 Å². The Bertz CT molecular complexity index is 326. The molecule has 0 bridgehead atoms. The molecule has 2 aliphatic rings. The van der Waals surface area contributed by atoms with Crippen LogP contribution in [0.1, 0.15) is 53.4 Å². The molecule has 98 valence electrons. The molecule has 2 fully saturated rings. The molecule has 1 amide bonds. The number of piperidine rings is 1. The van der Waals surface area contributed by atoms with Crippen molar-refractivity contribution in [2.24, 2.45) is 0 Å². The second-order valence-electron chi connectivity index (χ2n) is 6.79. The van der Waals surface area contributed by atoms with Crippen molar-refractivity contribution < 1.29 is 14.6 Å². The van der Waals surface area contributed by atoms with Crippen molar-refractivity contribution in [2.75, 3.05) is 6.54 Å². The first-order chi connectivity index (χ1) is 7.64. The van der Waals surface area contributed by atoms with Gasteiger partial charge < -0.3 is 9.84 Å². The monoisotopic (exact) mass is 241 g/mol. The van der Waals surface area contributed by atoms with E-state index in [4.69, 9.17) is 4.74 Å². The number of nitrogens with zero attached hydrogens (tertiary/aromatic N) is 1. The standard InChI is InChI=1S/C13H23NO3/c1-11(2,3)17-10(15)14-9-12(4,16)5-6-13(14)7-8-13/h16H,5-9H2,1-4H3. The number of β-amino-alcohol motifs (C(OH)–C–C–N with tert-alkyl or cyclic N) is 1. The van der Waals surface area contributed by atoms with E-state index in [1.807, 2.05) is 20.8 Å². The number of likely N-dealkylation sites (tertiary alicyclic amines) is 1. The van der Waals surface area contributed by atoms with Crippen LogP contribution in [0, 0.1) is 0 Å². The fraction of sp³-hybridized carbons (Fsp3) is 0.923. The summed E-state index contributed by atoms with van der Waals surface area (Å²) in [6.45, 7) is 7.78. The number of ether oxygens (including phenoxy) is 1. The fourth-order valence-electron chi connectivity index (χ4n) is 2.46.